The van der Waals surface area contributed by atoms with Crippen LogP contribution in [0.25, 0.3) is 82.8 Å². The van der Waals surface area contributed by atoms with Crippen LogP contribution >= 0.6 is 0 Å². The second-order valence-electron chi connectivity index (χ2n) is 16.0. The molecule has 4 heteroatoms. The van der Waals surface area contributed by atoms with Gasteiger partial charge in [-0.25, -0.2) is 0 Å². The predicted molar refractivity (Wildman–Crippen MR) is 239 cm³/mol. The Kier molecular flexibility index (Phi) is 6.33. The molecule has 7 aromatic carbocycles. The minimum Gasteiger partial charge on any atom is -0.372 e. The zero-order valence-corrected chi connectivity index (χ0v) is 31.8. The van der Waals surface area contributed by atoms with E-state index in [4.69, 9.17) is 0 Å². The summed E-state index contributed by atoms with van der Waals surface area (Å²) in [6.07, 6.45) is 10.6. The SMILES string of the molecule is CN1C=CC=C2c3ccccc3C3(c4ccccc4-c4c3ccc3c5ccccc5n(-c5ccc(-c6ccc(-n7c8ccccc8c8ccncc87)cc6)cc5)c43)C21. The van der Waals surface area contributed by atoms with Crippen LogP contribution in [0.3, 0.4) is 0 Å². The smallest absolute Gasteiger partial charge is 0.0724 e. The van der Waals surface area contributed by atoms with Crippen LogP contribution in [0.5, 0.6) is 0 Å². The second kappa shape index (κ2) is 11.6. The third-order valence-electron chi connectivity index (χ3n) is 13.3. The van der Waals surface area contributed by atoms with E-state index >= 15 is 0 Å². The maximum atomic E-state index is 4.47. The highest BCUT2D eigenvalue weighted by molar-refractivity contribution is 6.16. The first-order chi connectivity index (χ1) is 28.7. The molecule has 3 aliphatic rings. The highest BCUT2D eigenvalue weighted by Gasteiger charge is 2.58. The molecule has 0 bridgehead atoms. The number of hydrogen-bond donors (Lipinski definition) is 0. The summed E-state index contributed by atoms with van der Waals surface area (Å²) < 4.78 is 4.84. The number of nitrogens with zero attached hydrogens (tertiary/aromatic N) is 4. The van der Waals surface area contributed by atoms with Gasteiger partial charge in [-0.1, -0.05) is 127 Å². The number of pyridine rings is 1. The molecule has 0 N–H and O–H groups in total. The number of allylic oxidation sites excluding steroid dienone is 2. The van der Waals surface area contributed by atoms with Crippen molar-refractivity contribution in [3.05, 3.63) is 217 Å². The maximum absolute atomic E-state index is 4.47. The van der Waals surface area contributed by atoms with E-state index in [2.05, 4.69) is 208 Å². The summed E-state index contributed by atoms with van der Waals surface area (Å²) in [4.78, 5) is 6.91. The molecule has 2 unspecified atom stereocenters. The number of aromatic nitrogens is 3. The number of rotatable bonds is 3. The van der Waals surface area contributed by atoms with Crippen molar-refractivity contribution in [2.24, 2.45) is 0 Å². The lowest BCUT2D eigenvalue weighted by Gasteiger charge is -2.41. The van der Waals surface area contributed by atoms with E-state index in [-0.39, 0.29) is 11.5 Å². The lowest BCUT2D eigenvalue weighted by Crippen LogP contribution is -2.45. The zero-order chi connectivity index (χ0) is 38.1. The fourth-order valence-electron chi connectivity index (χ4n) is 11.1. The average molecular weight is 741 g/mol. The maximum Gasteiger partial charge on any atom is 0.0724 e. The Morgan fingerprint density at radius 2 is 1.09 bits per heavy atom. The largest absolute Gasteiger partial charge is 0.372 e. The molecule has 1 aliphatic heterocycles. The topological polar surface area (TPSA) is 26.0 Å². The van der Waals surface area contributed by atoms with Crippen LogP contribution in [-0.4, -0.2) is 32.1 Å². The van der Waals surface area contributed by atoms with Gasteiger partial charge in [-0.15, -0.1) is 0 Å². The van der Waals surface area contributed by atoms with Crippen molar-refractivity contribution < 1.29 is 0 Å². The van der Waals surface area contributed by atoms with Crippen LogP contribution in [-0.2, 0) is 5.41 Å². The monoisotopic (exact) mass is 740 g/mol. The van der Waals surface area contributed by atoms with E-state index in [1.807, 2.05) is 12.4 Å². The first kappa shape index (κ1) is 31.7. The number of hydrogen-bond acceptors (Lipinski definition) is 2. The number of para-hydroxylation sites is 2. The summed E-state index contributed by atoms with van der Waals surface area (Å²) in [6, 6.07) is 61.0. The van der Waals surface area contributed by atoms with Crippen molar-refractivity contribution in [2.75, 3.05) is 7.05 Å². The molecule has 0 amide bonds. The molecule has 0 fully saturated rings. The normalized spacial score (nSPS) is 17.6. The van der Waals surface area contributed by atoms with Crippen molar-refractivity contribution >= 4 is 49.2 Å². The van der Waals surface area contributed by atoms with Gasteiger partial charge in [-0.3, -0.25) is 4.98 Å². The average Bonchev–Trinajstić information content (AvgIpc) is 3.99. The lowest BCUT2D eigenvalue weighted by molar-refractivity contribution is 0.325. The molecule has 2 aliphatic carbocycles. The second-order valence-corrected chi connectivity index (χ2v) is 16.0. The van der Waals surface area contributed by atoms with E-state index in [0.29, 0.717) is 0 Å². The van der Waals surface area contributed by atoms with Crippen molar-refractivity contribution in [3.63, 3.8) is 0 Å². The first-order valence-electron chi connectivity index (χ1n) is 20.1. The summed E-state index contributed by atoms with van der Waals surface area (Å²) in [5, 5.41) is 5.00. The molecule has 1 spiro atoms. The number of benzene rings is 7. The molecule has 3 aromatic heterocycles. The number of likely N-dealkylation sites (N-methyl/N-ethyl adjacent to an activating group) is 1. The highest BCUT2D eigenvalue weighted by Crippen LogP contribution is 2.64. The zero-order valence-electron chi connectivity index (χ0n) is 31.8. The first-order valence-corrected chi connectivity index (χ1v) is 20.1. The van der Waals surface area contributed by atoms with Crippen LogP contribution in [0.1, 0.15) is 22.3 Å². The molecular formula is C54H36N4. The third kappa shape index (κ3) is 3.96. The van der Waals surface area contributed by atoms with Gasteiger partial charge in [-0.05, 0) is 99.3 Å². The molecule has 0 saturated heterocycles. The molecule has 13 rings (SSSR count). The Morgan fingerprint density at radius 1 is 0.500 bits per heavy atom. The Morgan fingerprint density at radius 3 is 1.83 bits per heavy atom. The van der Waals surface area contributed by atoms with Gasteiger partial charge in [0.05, 0.1) is 39.7 Å². The lowest BCUT2D eigenvalue weighted by atomic mass is 9.69. The van der Waals surface area contributed by atoms with Crippen molar-refractivity contribution in [3.8, 4) is 33.6 Å². The van der Waals surface area contributed by atoms with Gasteiger partial charge in [0.2, 0.25) is 0 Å². The predicted octanol–water partition coefficient (Wildman–Crippen LogP) is 12.5. The number of fused-ring (bicyclic) bond motifs is 17. The fourth-order valence-corrected chi connectivity index (χ4v) is 11.1. The van der Waals surface area contributed by atoms with Gasteiger partial charge in [-0.2, -0.15) is 0 Å². The van der Waals surface area contributed by atoms with E-state index in [1.54, 1.807) is 0 Å². The van der Waals surface area contributed by atoms with Crippen LogP contribution < -0.4 is 0 Å². The van der Waals surface area contributed by atoms with Crippen LogP contribution in [0.2, 0.25) is 0 Å². The van der Waals surface area contributed by atoms with Crippen LogP contribution in [0.15, 0.2) is 195 Å². The Bertz CT molecular complexity index is 3360. The van der Waals surface area contributed by atoms with Gasteiger partial charge in [0, 0.05) is 51.7 Å². The van der Waals surface area contributed by atoms with Crippen molar-refractivity contribution in [1.29, 1.82) is 0 Å². The molecule has 0 saturated carbocycles. The van der Waals surface area contributed by atoms with Gasteiger partial charge in [0.25, 0.3) is 0 Å². The third-order valence-corrected chi connectivity index (χ3v) is 13.3. The molecular weight excluding hydrogens is 705 g/mol. The minimum absolute atomic E-state index is 0.143. The standard InChI is InChI=1S/C54H36N4/c1-56-32-10-15-43-38-11-2-6-16-45(38)54(53(43)56)46-17-7-3-14-44(46)51-47(54)29-28-42-40-13-5-9-19-49(40)58(52(42)51)37-26-22-35(23-27-37)34-20-24-36(25-21-34)57-48-18-8-4-12-39(48)41-30-31-55-33-50(41)57/h2-33,53H,1H3. The van der Waals surface area contributed by atoms with Gasteiger partial charge < -0.3 is 14.0 Å². The quantitative estimate of drug-likeness (QED) is 0.180. The van der Waals surface area contributed by atoms with Crippen molar-refractivity contribution in [2.45, 2.75) is 11.5 Å². The van der Waals surface area contributed by atoms with Crippen LogP contribution in [0.4, 0.5) is 0 Å². The Labute approximate surface area is 335 Å². The van der Waals surface area contributed by atoms with E-state index in [9.17, 15) is 0 Å². The molecule has 0 radical (unpaired) electrons. The summed E-state index contributed by atoms with van der Waals surface area (Å²) in [5.74, 6) is 0. The molecule has 4 nitrogen and oxygen atoms in total. The molecule has 272 valence electrons. The highest BCUT2D eigenvalue weighted by atomic mass is 15.1. The summed E-state index contributed by atoms with van der Waals surface area (Å²) in [6.45, 7) is 0. The van der Waals surface area contributed by atoms with Gasteiger partial charge in [0.15, 0.2) is 0 Å². The minimum atomic E-state index is -0.352. The van der Waals surface area contributed by atoms with E-state index < -0.39 is 0 Å². The summed E-state index contributed by atoms with van der Waals surface area (Å²) >= 11 is 0. The molecule has 58 heavy (non-hydrogen) atoms. The Hall–Kier alpha value is -7.43. The van der Waals surface area contributed by atoms with Gasteiger partial charge >= 0.3 is 0 Å². The van der Waals surface area contributed by atoms with Gasteiger partial charge in [0.1, 0.15) is 0 Å². The van der Waals surface area contributed by atoms with E-state index in [0.717, 1.165) is 16.9 Å². The van der Waals surface area contributed by atoms with Crippen LogP contribution in [0, 0.1) is 0 Å². The van der Waals surface area contributed by atoms with Crippen molar-refractivity contribution in [1.82, 2.24) is 19.0 Å². The summed E-state index contributed by atoms with van der Waals surface area (Å²) in [5.41, 5.74) is 18.6. The fraction of sp³-hybridized carbons (Fsp3) is 0.0556. The molecule has 10 aromatic rings. The van der Waals surface area contributed by atoms with E-state index in [1.165, 1.54) is 88.2 Å². The molecule has 2 atom stereocenters. The Balaban J connectivity index is 0.986. The molecule has 4 heterocycles. The summed E-state index contributed by atoms with van der Waals surface area (Å²) in [7, 11) is 2.24.